The van der Waals surface area contributed by atoms with E-state index < -0.39 is 5.97 Å². The first-order valence-corrected chi connectivity index (χ1v) is 12.1. The van der Waals surface area contributed by atoms with Crippen molar-refractivity contribution in [1.29, 1.82) is 0 Å². The van der Waals surface area contributed by atoms with Crippen LogP contribution in [0.4, 0.5) is 5.82 Å². The molecule has 0 radical (unpaired) electrons. The van der Waals surface area contributed by atoms with Gasteiger partial charge in [0.25, 0.3) is 5.56 Å². The summed E-state index contributed by atoms with van der Waals surface area (Å²) in [7, 11) is 0. The Morgan fingerprint density at radius 1 is 1.21 bits per heavy atom. The van der Waals surface area contributed by atoms with Crippen molar-refractivity contribution < 1.29 is 14.4 Å². The number of hydrogen-bond donors (Lipinski definition) is 2. The molecule has 1 aliphatic rings. The molecule has 3 heterocycles. The average Bonchev–Trinajstić information content (AvgIpc) is 3.14. The van der Waals surface area contributed by atoms with Crippen molar-refractivity contribution in [2.75, 3.05) is 11.9 Å². The Bertz CT molecular complexity index is 1220. The lowest BCUT2D eigenvalue weighted by Gasteiger charge is -2.35. The molecule has 9 nitrogen and oxygen atoms in total. The zero-order valence-electron chi connectivity index (χ0n) is 20.3. The van der Waals surface area contributed by atoms with Gasteiger partial charge in [-0.2, -0.15) is 0 Å². The maximum atomic E-state index is 13.8. The zero-order valence-corrected chi connectivity index (χ0v) is 20.3. The number of hydrogen-bond acceptors (Lipinski definition) is 7. The minimum atomic E-state index is -0.929. The Hall–Kier alpha value is -3.23. The smallest absolute Gasteiger partial charge is 0.305 e. The highest BCUT2D eigenvalue weighted by atomic mass is 16.5. The van der Waals surface area contributed by atoms with Crippen LogP contribution in [0.3, 0.4) is 0 Å². The summed E-state index contributed by atoms with van der Waals surface area (Å²) in [5, 5.41) is 16.0. The van der Waals surface area contributed by atoms with E-state index >= 15 is 0 Å². The molecule has 34 heavy (non-hydrogen) atoms. The summed E-state index contributed by atoms with van der Waals surface area (Å²) in [6.07, 6.45) is 5.59. The van der Waals surface area contributed by atoms with Gasteiger partial charge >= 0.3 is 5.97 Å². The molecule has 1 fully saturated rings. The standard InChI is InChI=1S/C25H33N5O4/c1-14(2)22(17-8-6-5-7-9-17)30-24-19(27-23(25(30)33)26-13-12-20(31)32)11-10-18(28-24)21-15(3)29-34-16(21)4/h10-11,14,17,22H,5-9,12-13H2,1-4H3,(H,26,27)(H,31,32)/t22-/m0/s1. The minimum absolute atomic E-state index is 0.0363. The van der Waals surface area contributed by atoms with Crippen molar-refractivity contribution in [1.82, 2.24) is 19.7 Å². The third-order valence-electron chi connectivity index (χ3n) is 6.77. The first kappa shape index (κ1) is 23.9. The number of anilines is 1. The SMILES string of the molecule is Cc1noc(C)c1-c1ccc2nc(NCCC(=O)O)c(=O)n([C@@H](C(C)C)C3CCCCC3)c2n1. The summed E-state index contributed by atoms with van der Waals surface area (Å²) >= 11 is 0. The van der Waals surface area contributed by atoms with Crippen LogP contribution in [0.25, 0.3) is 22.4 Å². The molecule has 182 valence electrons. The predicted molar refractivity (Wildman–Crippen MR) is 130 cm³/mol. The molecule has 1 saturated carbocycles. The normalized spacial score (nSPS) is 15.7. The Kier molecular flexibility index (Phi) is 7.00. The number of carboxylic acids is 1. The molecule has 1 aliphatic carbocycles. The number of aromatic nitrogens is 4. The molecule has 2 N–H and O–H groups in total. The van der Waals surface area contributed by atoms with E-state index in [0.717, 1.165) is 36.9 Å². The molecule has 3 aromatic heterocycles. The van der Waals surface area contributed by atoms with Gasteiger partial charge in [-0.25, -0.2) is 9.97 Å². The first-order chi connectivity index (χ1) is 16.3. The van der Waals surface area contributed by atoms with Crippen molar-refractivity contribution >= 4 is 23.0 Å². The fraction of sp³-hybridized carbons (Fsp3) is 0.560. The van der Waals surface area contributed by atoms with Crippen LogP contribution < -0.4 is 10.9 Å². The van der Waals surface area contributed by atoms with Crippen LogP contribution in [0, 0.1) is 25.7 Å². The fourth-order valence-electron chi connectivity index (χ4n) is 5.28. The van der Waals surface area contributed by atoms with E-state index in [2.05, 4.69) is 29.3 Å². The molecule has 1 atom stereocenters. The molecule has 0 spiro atoms. The molecular weight excluding hydrogens is 434 g/mol. The molecule has 0 unspecified atom stereocenters. The lowest BCUT2D eigenvalue weighted by molar-refractivity contribution is -0.136. The van der Waals surface area contributed by atoms with Gasteiger partial charge in [0, 0.05) is 12.6 Å². The second-order valence-corrected chi connectivity index (χ2v) is 9.58. The lowest BCUT2D eigenvalue weighted by Crippen LogP contribution is -2.36. The van der Waals surface area contributed by atoms with Crippen LogP contribution in [-0.2, 0) is 4.79 Å². The molecule has 4 rings (SSSR count). The van der Waals surface area contributed by atoms with Gasteiger partial charge in [0.2, 0.25) is 0 Å². The quantitative estimate of drug-likeness (QED) is 0.487. The van der Waals surface area contributed by atoms with E-state index in [-0.39, 0.29) is 36.3 Å². The maximum Gasteiger partial charge on any atom is 0.305 e. The van der Waals surface area contributed by atoms with Gasteiger partial charge in [0.1, 0.15) is 11.3 Å². The number of nitrogens with zero attached hydrogens (tertiary/aromatic N) is 4. The number of nitrogens with one attached hydrogen (secondary N) is 1. The number of rotatable bonds is 8. The molecule has 9 heteroatoms. The largest absolute Gasteiger partial charge is 0.481 e. The third-order valence-corrected chi connectivity index (χ3v) is 6.77. The second kappa shape index (κ2) is 9.95. The maximum absolute atomic E-state index is 13.8. The van der Waals surface area contributed by atoms with Crippen LogP contribution in [0.2, 0.25) is 0 Å². The van der Waals surface area contributed by atoms with Gasteiger partial charge in [0.15, 0.2) is 11.5 Å². The predicted octanol–water partition coefficient (Wildman–Crippen LogP) is 4.73. The van der Waals surface area contributed by atoms with Gasteiger partial charge in [-0.15, -0.1) is 0 Å². The number of aryl methyl sites for hydroxylation is 2. The molecule has 3 aromatic rings. The van der Waals surface area contributed by atoms with Crippen LogP contribution in [0.1, 0.15) is 69.9 Å². The summed E-state index contributed by atoms with van der Waals surface area (Å²) < 4.78 is 7.16. The van der Waals surface area contributed by atoms with E-state index in [9.17, 15) is 9.59 Å². The number of fused-ring (bicyclic) bond motifs is 1. The van der Waals surface area contributed by atoms with Crippen LogP contribution in [-0.4, -0.2) is 37.3 Å². The number of aliphatic carboxylic acids is 1. The van der Waals surface area contributed by atoms with Crippen LogP contribution >= 0.6 is 0 Å². The highest BCUT2D eigenvalue weighted by Gasteiger charge is 2.31. The van der Waals surface area contributed by atoms with Gasteiger partial charge in [0.05, 0.1) is 23.4 Å². The minimum Gasteiger partial charge on any atom is -0.481 e. The van der Waals surface area contributed by atoms with Crippen molar-refractivity contribution in [3.63, 3.8) is 0 Å². The molecule has 0 aromatic carbocycles. The summed E-state index contributed by atoms with van der Waals surface area (Å²) in [5.41, 5.74) is 3.13. The highest BCUT2D eigenvalue weighted by Crippen LogP contribution is 2.38. The monoisotopic (exact) mass is 467 g/mol. The van der Waals surface area contributed by atoms with Gasteiger partial charge < -0.3 is 14.9 Å². The molecule has 0 amide bonds. The topological polar surface area (TPSA) is 123 Å². The van der Waals surface area contributed by atoms with Crippen molar-refractivity contribution in [3.05, 3.63) is 33.9 Å². The van der Waals surface area contributed by atoms with E-state index in [1.165, 1.54) is 6.42 Å². The molecule has 0 aliphatic heterocycles. The fourth-order valence-corrected chi connectivity index (χ4v) is 5.28. The number of pyridine rings is 1. The third kappa shape index (κ3) is 4.69. The average molecular weight is 468 g/mol. The number of carbonyl (C=O) groups is 1. The van der Waals surface area contributed by atoms with Gasteiger partial charge in [-0.1, -0.05) is 38.3 Å². The molecule has 0 saturated heterocycles. The lowest BCUT2D eigenvalue weighted by atomic mass is 9.79. The van der Waals surface area contributed by atoms with Crippen molar-refractivity contribution in [2.45, 2.75) is 72.3 Å². The highest BCUT2D eigenvalue weighted by molar-refractivity contribution is 5.77. The van der Waals surface area contributed by atoms with Gasteiger partial charge in [-0.05, 0) is 50.7 Å². The van der Waals surface area contributed by atoms with Crippen molar-refractivity contribution in [3.8, 4) is 11.3 Å². The Morgan fingerprint density at radius 3 is 2.56 bits per heavy atom. The van der Waals surface area contributed by atoms with E-state index in [0.29, 0.717) is 28.5 Å². The summed E-state index contributed by atoms with van der Waals surface area (Å²) in [5.74, 6) is 0.492. The van der Waals surface area contributed by atoms with E-state index in [1.54, 1.807) is 0 Å². The Labute approximate surface area is 198 Å². The van der Waals surface area contributed by atoms with E-state index in [4.69, 9.17) is 14.6 Å². The van der Waals surface area contributed by atoms with Crippen molar-refractivity contribution in [2.24, 2.45) is 11.8 Å². The van der Waals surface area contributed by atoms with Crippen LogP contribution in [0.5, 0.6) is 0 Å². The van der Waals surface area contributed by atoms with Crippen LogP contribution in [0.15, 0.2) is 21.5 Å². The molecule has 0 bridgehead atoms. The Balaban J connectivity index is 1.92. The van der Waals surface area contributed by atoms with E-state index in [1.807, 2.05) is 30.5 Å². The number of carboxylic acid groups (broad SMARTS) is 1. The molecular formula is C25H33N5O4. The Morgan fingerprint density at radius 2 is 1.94 bits per heavy atom. The summed E-state index contributed by atoms with van der Waals surface area (Å²) in [6.45, 7) is 8.14. The summed E-state index contributed by atoms with van der Waals surface area (Å²) in [4.78, 5) is 34.3. The first-order valence-electron chi connectivity index (χ1n) is 12.1. The zero-order chi connectivity index (χ0) is 24.4. The summed E-state index contributed by atoms with van der Waals surface area (Å²) in [6, 6.07) is 3.69. The van der Waals surface area contributed by atoms with Gasteiger partial charge in [-0.3, -0.25) is 14.2 Å². The second-order valence-electron chi connectivity index (χ2n) is 9.58.